The number of nitrogens with one attached hydrogen (secondary N) is 1. The lowest BCUT2D eigenvalue weighted by Gasteiger charge is -2.25. The third kappa shape index (κ3) is 3.66. The van der Waals surface area contributed by atoms with Crippen LogP contribution in [0.2, 0.25) is 0 Å². The molecule has 3 rings (SSSR count). The minimum Gasteiger partial charge on any atom is -0.497 e. The van der Waals surface area contributed by atoms with Crippen molar-refractivity contribution in [3.63, 3.8) is 0 Å². The van der Waals surface area contributed by atoms with Gasteiger partial charge in [-0.05, 0) is 36.9 Å². The Balaban J connectivity index is 2.02. The van der Waals surface area contributed by atoms with Gasteiger partial charge in [0.25, 0.3) is 5.91 Å². The average molecular weight is 358 g/mol. The fraction of sp³-hybridized carbons (Fsp3) is 0.316. The average Bonchev–Trinajstić information content (AvgIpc) is 2.76. The molecule has 0 saturated heterocycles. The minimum absolute atomic E-state index is 0.277. The third-order valence-electron chi connectivity index (χ3n) is 4.22. The van der Waals surface area contributed by atoms with Crippen molar-refractivity contribution in [2.45, 2.75) is 16.2 Å². The molecule has 1 heterocycles. The first-order valence-corrected chi connectivity index (χ1v) is 9.07. The molecule has 0 radical (unpaired) electrons. The van der Waals surface area contributed by atoms with E-state index >= 15 is 0 Å². The van der Waals surface area contributed by atoms with Gasteiger partial charge >= 0.3 is 0 Å². The van der Waals surface area contributed by atoms with Gasteiger partial charge in [-0.1, -0.05) is 24.3 Å². The van der Waals surface area contributed by atoms with Gasteiger partial charge in [0, 0.05) is 18.0 Å². The Labute approximate surface area is 152 Å². The number of anilines is 1. The van der Waals surface area contributed by atoms with Crippen LogP contribution in [-0.4, -0.2) is 44.4 Å². The lowest BCUT2D eigenvalue weighted by Crippen LogP contribution is -2.43. The molecule has 2 aromatic rings. The van der Waals surface area contributed by atoms with Crippen LogP contribution in [0.4, 0.5) is 5.69 Å². The maximum absolute atomic E-state index is 13.0. The lowest BCUT2D eigenvalue weighted by atomic mass is 10.1. The zero-order chi connectivity index (χ0) is 17.8. The molecule has 1 amide bonds. The highest BCUT2D eigenvalue weighted by Gasteiger charge is 2.37. The molecule has 2 atom stereocenters. The van der Waals surface area contributed by atoms with Crippen LogP contribution in [0.5, 0.6) is 5.75 Å². The van der Waals surface area contributed by atoms with Crippen LogP contribution in [0, 0.1) is 0 Å². The summed E-state index contributed by atoms with van der Waals surface area (Å²) in [5.74, 6) is 0.433. The van der Waals surface area contributed by atoms with Crippen molar-refractivity contribution in [3.8, 4) is 5.75 Å². The highest BCUT2D eigenvalue weighted by Crippen LogP contribution is 2.45. The molecule has 0 aromatic heterocycles. The normalized spacial score (nSPS) is 20.1. The Bertz CT molecular complexity index is 753. The number of methoxy groups -OCH3 is 1. The topological polar surface area (TPSA) is 61.8 Å². The molecule has 0 aliphatic carbocycles. The van der Waals surface area contributed by atoms with Gasteiger partial charge in [0.05, 0.1) is 18.0 Å². The number of hydrogen-bond acceptors (Lipinski definition) is 5. The number of nitrogens with zero attached hydrogens (tertiary/aromatic N) is 1. The number of ether oxygens (including phenoxy) is 1. The van der Waals surface area contributed by atoms with Crippen molar-refractivity contribution in [2.24, 2.45) is 0 Å². The molecule has 6 heteroatoms. The van der Waals surface area contributed by atoms with Crippen molar-refractivity contribution in [1.82, 2.24) is 5.32 Å². The summed E-state index contributed by atoms with van der Waals surface area (Å²) in [6.45, 7) is 1.16. The molecule has 5 nitrogen and oxygen atoms in total. The summed E-state index contributed by atoms with van der Waals surface area (Å²) in [6, 6.07) is 15.3. The monoisotopic (exact) mass is 358 g/mol. The van der Waals surface area contributed by atoms with Crippen molar-refractivity contribution < 1.29 is 14.6 Å². The van der Waals surface area contributed by atoms with Gasteiger partial charge in [-0.25, -0.2) is 0 Å². The van der Waals surface area contributed by atoms with Gasteiger partial charge in [0.2, 0.25) is 0 Å². The molecule has 25 heavy (non-hydrogen) atoms. The smallest absolute Gasteiger partial charge is 0.257 e. The van der Waals surface area contributed by atoms with Crippen LogP contribution in [0.15, 0.2) is 53.4 Å². The number of aliphatic hydroxyl groups excluding tert-OH is 1. The fourth-order valence-corrected chi connectivity index (χ4v) is 4.17. The number of rotatable bonds is 5. The highest BCUT2D eigenvalue weighted by atomic mass is 32.2. The molecule has 2 N–H and O–H groups in total. The van der Waals surface area contributed by atoms with Crippen molar-refractivity contribution in [2.75, 3.05) is 32.1 Å². The van der Waals surface area contributed by atoms with Crippen LogP contribution in [0.1, 0.15) is 10.8 Å². The number of likely N-dealkylation sites (N-methyl/N-ethyl adjacent to an activating group) is 1. The number of thioether (sulfide) groups is 1. The van der Waals surface area contributed by atoms with Gasteiger partial charge < -0.3 is 20.1 Å². The van der Waals surface area contributed by atoms with E-state index in [4.69, 9.17) is 4.74 Å². The second-order valence-electron chi connectivity index (χ2n) is 5.82. The Morgan fingerprint density at radius 3 is 2.80 bits per heavy atom. The number of aliphatic hydroxyl groups is 1. The van der Waals surface area contributed by atoms with Crippen LogP contribution in [-0.2, 0) is 4.79 Å². The van der Waals surface area contributed by atoms with Crippen LogP contribution in [0.3, 0.4) is 0 Å². The quantitative estimate of drug-likeness (QED) is 0.860. The number of benzene rings is 2. The van der Waals surface area contributed by atoms with E-state index in [1.807, 2.05) is 55.6 Å². The molecular weight excluding hydrogens is 336 g/mol. The van der Waals surface area contributed by atoms with Crippen molar-refractivity contribution in [1.29, 1.82) is 0 Å². The number of carbonyl (C=O) groups is 1. The summed E-state index contributed by atoms with van der Waals surface area (Å²) in [7, 11) is 3.45. The molecular formula is C19H22N2O3S. The molecule has 132 valence electrons. The number of fused-ring (bicyclic) bond motifs is 1. The maximum Gasteiger partial charge on any atom is 0.257 e. The summed E-state index contributed by atoms with van der Waals surface area (Å²) < 4.78 is 5.29. The van der Waals surface area contributed by atoms with Crippen LogP contribution in [0.25, 0.3) is 0 Å². The SMILES string of the molecule is CNCCN1C(=O)[C@H](O)[C@H](c2cccc(OC)c2)Sc2ccccc21. The Morgan fingerprint density at radius 1 is 1.24 bits per heavy atom. The summed E-state index contributed by atoms with van der Waals surface area (Å²) >= 11 is 1.51. The Kier molecular flexibility index (Phi) is 5.63. The fourth-order valence-electron chi connectivity index (χ4n) is 2.91. The first kappa shape index (κ1) is 17.8. The van der Waals surface area contributed by atoms with E-state index in [1.54, 1.807) is 12.0 Å². The number of amides is 1. The molecule has 0 saturated carbocycles. The first-order chi connectivity index (χ1) is 12.2. The molecule has 0 spiro atoms. The molecule has 0 fully saturated rings. The van der Waals surface area contributed by atoms with Crippen molar-refractivity contribution >= 4 is 23.4 Å². The zero-order valence-electron chi connectivity index (χ0n) is 14.3. The van der Waals surface area contributed by atoms with E-state index in [0.717, 1.165) is 16.1 Å². The zero-order valence-corrected chi connectivity index (χ0v) is 15.1. The van der Waals surface area contributed by atoms with E-state index in [2.05, 4.69) is 5.32 Å². The van der Waals surface area contributed by atoms with Crippen molar-refractivity contribution in [3.05, 3.63) is 54.1 Å². The van der Waals surface area contributed by atoms with Crippen LogP contribution < -0.4 is 15.0 Å². The third-order valence-corrected chi connectivity index (χ3v) is 5.61. The number of para-hydroxylation sites is 1. The van der Waals surface area contributed by atoms with E-state index in [9.17, 15) is 9.90 Å². The largest absolute Gasteiger partial charge is 0.497 e. The first-order valence-electron chi connectivity index (χ1n) is 8.19. The predicted molar refractivity (Wildman–Crippen MR) is 100 cm³/mol. The predicted octanol–water partition coefficient (Wildman–Crippen LogP) is 2.46. The second kappa shape index (κ2) is 7.91. The maximum atomic E-state index is 13.0. The summed E-state index contributed by atoms with van der Waals surface area (Å²) in [4.78, 5) is 15.6. The number of hydrogen-bond donors (Lipinski definition) is 2. The molecule has 1 aliphatic heterocycles. The van der Waals surface area contributed by atoms with E-state index in [-0.39, 0.29) is 11.2 Å². The highest BCUT2D eigenvalue weighted by molar-refractivity contribution is 7.99. The summed E-state index contributed by atoms with van der Waals surface area (Å²) in [6.07, 6.45) is -1.12. The van der Waals surface area contributed by atoms with E-state index < -0.39 is 6.10 Å². The minimum atomic E-state index is -1.12. The van der Waals surface area contributed by atoms with Gasteiger partial charge in [0.15, 0.2) is 0 Å². The van der Waals surface area contributed by atoms with Gasteiger partial charge in [-0.2, -0.15) is 0 Å². The van der Waals surface area contributed by atoms with Crippen LogP contribution >= 0.6 is 11.8 Å². The number of carbonyl (C=O) groups excluding carboxylic acids is 1. The van der Waals surface area contributed by atoms with E-state index in [0.29, 0.717) is 18.8 Å². The Morgan fingerprint density at radius 2 is 2.04 bits per heavy atom. The molecule has 0 bridgehead atoms. The molecule has 1 aliphatic rings. The molecule has 0 unspecified atom stereocenters. The van der Waals surface area contributed by atoms with E-state index in [1.165, 1.54) is 11.8 Å². The second-order valence-corrected chi connectivity index (χ2v) is 7.00. The van der Waals surface area contributed by atoms with Gasteiger partial charge in [0.1, 0.15) is 11.9 Å². The lowest BCUT2D eigenvalue weighted by molar-refractivity contribution is -0.126. The molecule has 2 aromatic carbocycles. The van der Waals surface area contributed by atoms with Gasteiger partial charge in [-0.15, -0.1) is 11.8 Å². The van der Waals surface area contributed by atoms with Gasteiger partial charge in [-0.3, -0.25) is 4.79 Å². The summed E-state index contributed by atoms with van der Waals surface area (Å²) in [5, 5.41) is 13.5. The summed E-state index contributed by atoms with van der Waals surface area (Å²) in [5.41, 5.74) is 1.72. The standard InChI is InChI=1S/C19H22N2O3S/c1-20-10-11-21-15-8-3-4-9-16(15)25-18(17(22)19(21)23)13-6-5-7-14(12-13)24-2/h3-9,12,17-18,20,22H,10-11H2,1-2H3/t17-,18+/m1/s1. The Hall–Kier alpha value is -2.02.